The Morgan fingerprint density at radius 3 is 2.77 bits per heavy atom. The quantitative estimate of drug-likeness (QED) is 0.310. The minimum atomic E-state index is -0.927. The lowest BCUT2D eigenvalue weighted by Crippen LogP contribution is -2.54. The van der Waals surface area contributed by atoms with E-state index in [2.05, 4.69) is 21.8 Å². The highest BCUT2D eigenvalue weighted by Gasteiger charge is 2.28. The molecular formula is C17H25ClN4O3S. The summed E-state index contributed by atoms with van der Waals surface area (Å²) in [5.41, 5.74) is 0. The molecule has 0 unspecified atom stereocenters. The number of thioether (sulfide) groups is 1. The third-order valence-electron chi connectivity index (χ3n) is 4.25. The maximum absolute atomic E-state index is 12.4. The first-order valence-electron chi connectivity index (χ1n) is 8.84. The monoisotopic (exact) mass is 400 g/mol. The largest absolute Gasteiger partial charge is 0.481 e. The van der Waals surface area contributed by atoms with E-state index >= 15 is 0 Å². The van der Waals surface area contributed by atoms with Gasteiger partial charge in [0.1, 0.15) is 11.0 Å². The molecule has 7 nitrogen and oxygen atoms in total. The van der Waals surface area contributed by atoms with Crippen LogP contribution in [0, 0.1) is 0 Å². The molecule has 0 aliphatic carbocycles. The number of hydrogen-bond donors (Lipinski definition) is 1. The molecule has 2 rings (SSSR count). The van der Waals surface area contributed by atoms with Gasteiger partial charge >= 0.3 is 5.97 Å². The Bertz CT molecular complexity index is 646. The van der Waals surface area contributed by atoms with Crippen molar-refractivity contribution in [3.05, 3.63) is 11.2 Å². The van der Waals surface area contributed by atoms with Crippen molar-refractivity contribution < 1.29 is 14.7 Å². The number of unbranched alkanes of at least 4 members (excludes halogenated alkanes) is 2. The molecule has 2 heterocycles. The van der Waals surface area contributed by atoms with Gasteiger partial charge in [-0.3, -0.25) is 9.59 Å². The smallest absolute Gasteiger partial charge is 0.313 e. The van der Waals surface area contributed by atoms with Crippen molar-refractivity contribution in [1.29, 1.82) is 0 Å². The van der Waals surface area contributed by atoms with Gasteiger partial charge in [0, 0.05) is 38.2 Å². The molecule has 1 aromatic heterocycles. The second kappa shape index (κ2) is 9.97. The summed E-state index contributed by atoms with van der Waals surface area (Å²) < 4.78 is 0. The predicted octanol–water partition coefficient (Wildman–Crippen LogP) is 2.92. The van der Waals surface area contributed by atoms with Gasteiger partial charge in [-0.05, 0) is 13.3 Å². The van der Waals surface area contributed by atoms with Gasteiger partial charge in [0.25, 0.3) is 0 Å². The summed E-state index contributed by atoms with van der Waals surface area (Å²) in [7, 11) is 0. The third-order valence-corrected chi connectivity index (χ3v) is 5.28. The number of aliphatic carboxylic acids is 1. The minimum absolute atomic E-state index is 0.0849. The van der Waals surface area contributed by atoms with Crippen LogP contribution in [0.25, 0.3) is 0 Å². The van der Waals surface area contributed by atoms with Crippen LogP contribution in [0.2, 0.25) is 5.15 Å². The second-order valence-corrected chi connectivity index (χ2v) is 7.68. The third kappa shape index (κ3) is 6.02. The highest BCUT2D eigenvalue weighted by atomic mass is 35.5. The molecule has 1 N–H and O–H groups in total. The van der Waals surface area contributed by atoms with Crippen LogP contribution in [0.3, 0.4) is 0 Å². The summed E-state index contributed by atoms with van der Waals surface area (Å²) in [5.74, 6) is -0.160. The molecule has 0 spiro atoms. The Balaban J connectivity index is 1.99. The highest BCUT2D eigenvalue weighted by molar-refractivity contribution is 7.99. The number of hydrogen-bond acceptors (Lipinski definition) is 6. The van der Waals surface area contributed by atoms with E-state index in [-0.39, 0.29) is 22.9 Å². The number of carboxylic acid groups (broad SMARTS) is 1. The number of carbonyl (C=O) groups excluding carboxylic acids is 1. The van der Waals surface area contributed by atoms with Gasteiger partial charge in [0.15, 0.2) is 5.16 Å². The van der Waals surface area contributed by atoms with Crippen molar-refractivity contribution in [3.63, 3.8) is 0 Å². The first-order chi connectivity index (χ1) is 12.4. The molecule has 1 atom stereocenters. The van der Waals surface area contributed by atoms with Crippen molar-refractivity contribution in [1.82, 2.24) is 14.9 Å². The van der Waals surface area contributed by atoms with Gasteiger partial charge in [-0.2, -0.15) is 0 Å². The van der Waals surface area contributed by atoms with E-state index in [9.17, 15) is 9.59 Å². The fourth-order valence-electron chi connectivity index (χ4n) is 2.94. The first-order valence-corrected chi connectivity index (χ1v) is 10.2. The number of piperazine rings is 1. The average Bonchev–Trinajstić information content (AvgIpc) is 2.59. The molecule has 0 saturated carbocycles. The number of anilines is 1. The molecule has 144 valence electrons. The van der Waals surface area contributed by atoms with Crippen molar-refractivity contribution in [2.75, 3.05) is 30.3 Å². The van der Waals surface area contributed by atoms with Crippen LogP contribution in [0.4, 0.5) is 5.82 Å². The van der Waals surface area contributed by atoms with E-state index in [0.717, 1.165) is 31.0 Å². The summed E-state index contributed by atoms with van der Waals surface area (Å²) >= 11 is 7.11. The number of amides is 1. The van der Waals surface area contributed by atoms with E-state index in [1.807, 2.05) is 11.8 Å². The van der Waals surface area contributed by atoms with Crippen molar-refractivity contribution >= 4 is 41.1 Å². The molecule has 0 radical (unpaired) electrons. The lowest BCUT2D eigenvalue weighted by Gasteiger charge is -2.40. The second-order valence-electron chi connectivity index (χ2n) is 6.35. The number of rotatable bonds is 8. The van der Waals surface area contributed by atoms with E-state index in [1.165, 1.54) is 0 Å². The van der Waals surface area contributed by atoms with E-state index in [4.69, 9.17) is 16.7 Å². The maximum atomic E-state index is 12.4. The normalized spacial score (nSPS) is 17.4. The molecule has 1 amide bonds. The predicted molar refractivity (Wildman–Crippen MR) is 103 cm³/mol. The summed E-state index contributed by atoms with van der Waals surface area (Å²) in [6, 6.07) is 1.76. The Kier molecular flexibility index (Phi) is 7.96. The first kappa shape index (κ1) is 20.8. The molecule has 1 aliphatic rings. The van der Waals surface area contributed by atoms with Gasteiger partial charge < -0.3 is 14.9 Å². The van der Waals surface area contributed by atoms with Crippen molar-refractivity contribution in [2.24, 2.45) is 0 Å². The van der Waals surface area contributed by atoms with Gasteiger partial charge in [-0.15, -0.1) is 0 Å². The number of aromatic nitrogens is 2. The van der Waals surface area contributed by atoms with Crippen LogP contribution in [-0.4, -0.2) is 63.3 Å². The van der Waals surface area contributed by atoms with Crippen LogP contribution in [0.1, 0.15) is 39.5 Å². The zero-order valence-electron chi connectivity index (χ0n) is 15.2. The summed E-state index contributed by atoms with van der Waals surface area (Å²) in [6.07, 6.45) is 3.73. The average molecular weight is 401 g/mol. The van der Waals surface area contributed by atoms with Gasteiger partial charge in [0.2, 0.25) is 5.91 Å². The minimum Gasteiger partial charge on any atom is -0.481 e. The van der Waals surface area contributed by atoms with E-state index in [0.29, 0.717) is 37.0 Å². The van der Waals surface area contributed by atoms with Crippen LogP contribution in [-0.2, 0) is 9.59 Å². The lowest BCUT2D eigenvalue weighted by atomic mass is 10.1. The van der Waals surface area contributed by atoms with Gasteiger partial charge in [-0.1, -0.05) is 43.1 Å². The van der Waals surface area contributed by atoms with Crippen LogP contribution < -0.4 is 4.90 Å². The standard InChI is InChI=1S/C17H25ClN4O3S/c1-3-4-5-6-15(23)22-8-7-21(10-12(22)2)14-9-13(18)19-17(20-14)26-11-16(24)25/h9,12H,3-8,10-11H2,1-2H3,(H,24,25)/t12-/m1/s1. The van der Waals surface area contributed by atoms with Crippen LogP contribution in [0.15, 0.2) is 11.2 Å². The highest BCUT2D eigenvalue weighted by Crippen LogP contribution is 2.24. The van der Waals surface area contributed by atoms with Crippen molar-refractivity contribution in [2.45, 2.75) is 50.7 Å². The molecule has 1 fully saturated rings. The Morgan fingerprint density at radius 1 is 1.35 bits per heavy atom. The van der Waals surface area contributed by atoms with Crippen molar-refractivity contribution in [3.8, 4) is 0 Å². The van der Waals surface area contributed by atoms with Gasteiger partial charge in [-0.25, -0.2) is 9.97 Å². The lowest BCUT2D eigenvalue weighted by molar-refractivity contribution is -0.134. The molecule has 0 aromatic carbocycles. The van der Waals surface area contributed by atoms with Gasteiger partial charge in [0.05, 0.1) is 5.75 Å². The van der Waals surface area contributed by atoms with Crippen LogP contribution >= 0.6 is 23.4 Å². The summed E-state index contributed by atoms with van der Waals surface area (Å²) in [5, 5.41) is 9.43. The fourth-order valence-corrected chi connectivity index (χ4v) is 3.75. The SMILES string of the molecule is CCCCCC(=O)N1CCN(c2cc(Cl)nc(SCC(=O)O)n2)C[C@H]1C. The number of carbonyl (C=O) groups is 2. The number of halogens is 1. The topological polar surface area (TPSA) is 86.6 Å². The zero-order valence-corrected chi connectivity index (χ0v) is 16.7. The molecule has 0 bridgehead atoms. The Hall–Kier alpha value is -1.54. The number of nitrogens with zero attached hydrogens (tertiary/aromatic N) is 4. The molecule has 26 heavy (non-hydrogen) atoms. The molecule has 1 aromatic rings. The molecule has 9 heteroatoms. The molecule has 1 aliphatic heterocycles. The molecule has 1 saturated heterocycles. The zero-order chi connectivity index (χ0) is 19.1. The van der Waals surface area contributed by atoms with E-state index in [1.54, 1.807) is 6.07 Å². The number of carboxylic acids is 1. The Labute approximate surface area is 163 Å². The van der Waals surface area contributed by atoms with Crippen LogP contribution in [0.5, 0.6) is 0 Å². The molecular weight excluding hydrogens is 376 g/mol. The fraction of sp³-hybridized carbons (Fsp3) is 0.647. The Morgan fingerprint density at radius 2 is 2.12 bits per heavy atom. The summed E-state index contributed by atoms with van der Waals surface area (Å²) in [4.78, 5) is 35.6. The summed E-state index contributed by atoms with van der Waals surface area (Å²) in [6.45, 7) is 6.13. The maximum Gasteiger partial charge on any atom is 0.313 e. The van der Waals surface area contributed by atoms with E-state index < -0.39 is 5.97 Å².